The summed E-state index contributed by atoms with van der Waals surface area (Å²) in [6.07, 6.45) is 1.74. The van der Waals surface area contributed by atoms with E-state index in [0.29, 0.717) is 11.4 Å². The minimum absolute atomic E-state index is 0.436. The number of carbonyl (C=O) groups excluding carboxylic acids is 1. The molecule has 82 valence electrons. The molecule has 1 amide bonds. The first-order chi connectivity index (χ1) is 7.58. The van der Waals surface area contributed by atoms with Gasteiger partial charge in [0.2, 0.25) is 5.91 Å². The van der Waals surface area contributed by atoms with Crippen LogP contribution >= 0.6 is 15.9 Å². The molecule has 0 aliphatic rings. The number of rotatable bonds is 2. The summed E-state index contributed by atoms with van der Waals surface area (Å²) in [6.45, 7) is 0. The third-order valence-electron chi connectivity index (χ3n) is 2.09. The molecular formula is C10H9BrN4O. The van der Waals surface area contributed by atoms with Crippen LogP contribution in [0.3, 0.4) is 0 Å². The van der Waals surface area contributed by atoms with Crippen molar-refractivity contribution in [2.24, 2.45) is 5.73 Å². The normalized spacial score (nSPS) is 10.3. The van der Waals surface area contributed by atoms with Gasteiger partial charge in [-0.1, -0.05) is 0 Å². The van der Waals surface area contributed by atoms with E-state index in [0.717, 1.165) is 10.2 Å². The van der Waals surface area contributed by atoms with Crippen LogP contribution in [0.2, 0.25) is 0 Å². The second kappa shape index (κ2) is 3.97. The van der Waals surface area contributed by atoms with Crippen LogP contribution in [0.4, 0.5) is 5.82 Å². The Morgan fingerprint density at radius 2 is 2.12 bits per heavy atom. The van der Waals surface area contributed by atoms with E-state index in [1.807, 2.05) is 0 Å². The van der Waals surface area contributed by atoms with Crippen LogP contribution in [0.5, 0.6) is 0 Å². The summed E-state index contributed by atoms with van der Waals surface area (Å²) in [6, 6.07) is 6.72. The predicted molar refractivity (Wildman–Crippen MR) is 64.2 cm³/mol. The minimum Gasteiger partial charge on any atom is -0.382 e. The van der Waals surface area contributed by atoms with Crippen LogP contribution in [0.15, 0.2) is 34.9 Å². The van der Waals surface area contributed by atoms with Crippen molar-refractivity contribution in [1.29, 1.82) is 0 Å². The zero-order valence-corrected chi connectivity index (χ0v) is 9.81. The molecule has 0 unspecified atom stereocenters. The quantitative estimate of drug-likeness (QED) is 0.870. The molecule has 0 bridgehead atoms. The van der Waals surface area contributed by atoms with Crippen LogP contribution in [0.25, 0.3) is 5.69 Å². The van der Waals surface area contributed by atoms with E-state index >= 15 is 0 Å². The molecular weight excluding hydrogens is 272 g/mol. The molecule has 0 aliphatic heterocycles. The molecule has 0 spiro atoms. The summed E-state index contributed by atoms with van der Waals surface area (Å²) < 4.78 is 2.34. The van der Waals surface area contributed by atoms with Gasteiger partial charge in [-0.05, 0) is 34.1 Å². The molecule has 1 heterocycles. The molecule has 4 N–H and O–H groups in total. The molecule has 0 radical (unpaired) electrons. The first-order valence-corrected chi connectivity index (χ1v) is 5.28. The van der Waals surface area contributed by atoms with E-state index in [-0.39, 0.29) is 0 Å². The van der Waals surface area contributed by atoms with E-state index in [9.17, 15) is 4.79 Å². The zero-order valence-electron chi connectivity index (χ0n) is 8.22. The monoisotopic (exact) mass is 280 g/mol. The number of benzene rings is 1. The van der Waals surface area contributed by atoms with E-state index in [2.05, 4.69) is 21.0 Å². The Bertz CT molecular complexity index is 550. The van der Waals surface area contributed by atoms with Crippen LogP contribution in [0.1, 0.15) is 10.4 Å². The molecule has 0 saturated heterocycles. The summed E-state index contributed by atoms with van der Waals surface area (Å²) in [7, 11) is 0. The number of halogens is 1. The SMILES string of the molecule is NC(=O)c1ccc(-n2ccc(N)n2)c(Br)c1. The highest BCUT2D eigenvalue weighted by molar-refractivity contribution is 9.10. The Hall–Kier alpha value is -1.82. The van der Waals surface area contributed by atoms with Gasteiger partial charge in [-0.3, -0.25) is 4.79 Å². The fraction of sp³-hybridized carbons (Fsp3) is 0. The highest BCUT2D eigenvalue weighted by Gasteiger charge is 2.07. The van der Waals surface area contributed by atoms with Crippen LogP contribution in [-0.2, 0) is 0 Å². The standard InChI is InChI=1S/C10H9BrN4O/c11-7-5-6(10(13)16)1-2-8(7)15-4-3-9(12)14-15/h1-5H,(H2,12,14)(H2,13,16). The molecule has 2 rings (SSSR count). The summed E-state index contributed by atoms with van der Waals surface area (Å²) in [5.41, 5.74) is 11.9. The average molecular weight is 281 g/mol. The lowest BCUT2D eigenvalue weighted by molar-refractivity contribution is 0.100. The zero-order chi connectivity index (χ0) is 11.7. The van der Waals surface area contributed by atoms with E-state index < -0.39 is 5.91 Å². The highest BCUT2D eigenvalue weighted by Crippen LogP contribution is 2.22. The van der Waals surface area contributed by atoms with Crippen molar-refractivity contribution in [2.75, 3.05) is 5.73 Å². The number of carbonyl (C=O) groups is 1. The van der Waals surface area contributed by atoms with Gasteiger partial charge in [0.25, 0.3) is 0 Å². The van der Waals surface area contributed by atoms with Gasteiger partial charge in [-0.25, -0.2) is 4.68 Å². The number of primary amides is 1. The maximum atomic E-state index is 11.0. The van der Waals surface area contributed by atoms with Gasteiger partial charge in [-0.15, -0.1) is 0 Å². The van der Waals surface area contributed by atoms with Gasteiger partial charge in [-0.2, -0.15) is 5.10 Å². The van der Waals surface area contributed by atoms with Gasteiger partial charge >= 0.3 is 0 Å². The summed E-state index contributed by atoms with van der Waals surface area (Å²) in [5.74, 6) is -0.0295. The molecule has 16 heavy (non-hydrogen) atoms. The second-order valence-electron chi connectivity index (χ2n) is 3.22. The molecule has 0 fully saturated rings. The molecule has 0 saturated carbocycles. The molecule has 0 aliphatic carbocycles. The lowest BCUT2D eigenvalue weighted by Crippen LogP contribution is -2.11. The van der Waals surface area contributed by atoms with E-state index in [1.165, 1.54) is 0 Å². The Morgan fingerprint density at radius 1 is 1.38 bits per heavy atom. The first kappa shape index (κ1) is 10.7. The molecule has 6 heteroatoms. The van der Waals surface area contributed by atoms with Crippen LogP contribution < -0.4 is 11.5 Å². The van der Waals surface area contributed by atoms with Crippen LogP contribution in [0, 0.1) is 0 Å². The number of nitrogens with two attached hydrogens (primary N) is 2. The van der Waals surface area contributed by atoms with Gasteiger partial charge < -0.3 is 11.5 Å². The van der Waals surface area contributed by atoms with E-state index in [4.69, 9.17) is 11.5 Å². The highest BCUT2D eigenvalue weighted by atomic mass is 79.9. The van der Waals surface area contributed by atoms with Gasteiger partial charge in [0, 0.05) is 22.3 Å². The summed E-state index contributed by atoms with van der Waals surface area (Å²) in [5, 5.41) is 4.06. The number of anilines is 1. The third kappa shape index (κ3) is 1.92. The van der Waals surface area contributed by atoms with Crippen molar-refractivity contribution in [3.63, 3.8) is 0 Å². The smallest absolute Gasteiger partial charge is 0.248 e. The van der Waals surface area contributed by atoms with Crippen LogP contribution in [-0.4, -0.2) is 15.7 Å². The third-order valence-corrected chi connectivity index (χ3v) is 2.72. The van der Waals surface area contributed by atoms with Gasteiger partial charge in [0.05, 0.1) is 5.69 Å². The number of aromatic nitrogens is 2. The van der Waals surface area contributed by atoms with E-state index in [1.54, 1.807) is 35.1 Å². The molecule has 2 aromatic rings. The second-order valence-corrected chi connectivity index (χ2v) is 4.07. The molecule has 0 atom stereocenters. The fourth-order valence-corrected chi connectivity index (χ4v) is 1.88. The summed E-state index contributed by atoms with van der Waals surface area (Å²) in [4.78, 5) is 11.0. The molecule has 5 nitrogen and oxygen atoms in total. The number of nitrogen functional groups attached to an aromatic ring is 1. The average Bonchev–Trinajstić information content (AvgIpc) is 2.64. The molecule has 1 aromatic heterocycles. The maximum Gasteiger partial charge on any atom is 0.248 e. The largest absolute Gasteiger partial charge is 0.382 e. The maximum absolute atomic E-state index is 11.0. The Kier molecular flexibility index (Phi) is 2.66. The minimum atomic E-state index is -0.466. The molecule has 1 aromatic carbocycles. The predicted octanol–water partition coefficient (Wildman–Crippen LogP) is 1.32. The van der Waals surface area contributed by atoms with Crippen molar-refractivity contribution in [3.05, 3.63) is 40.5 Å². The Morgan fingerprint density at radius 3 is 2.62 bits per heavy atom. The first-order valence-electron chi connectivity index (χ1n) is 4.49. The Labute approximate surface area is 100 Å². The lowest BCUT2D eigenvalue weighted by atomic mass is 10.2. The fourth-order valence-electron chi connectivity index (χ4n) is 1.32. The summed E-state index contributed by atoms with van der Waals surface area (Å²) >= 11 is 3.35. The van der Waals surface area contributed by atoms with Gasteiger partial charge in [0.1, 0.15) is 5.82 Å². The van der Waals surface area contributed by atoms with Crippen molar-refractivity contribution < 1.29 is 4.79 Å². The Balaban J connectivity index is 2.47. The number of hydrogen-bond acceptors (Lipinski definition) is 3. The number of hydrogen-bond donors (Lipinski definition) is 2. The van der Waals surface area contributed by atoms with Crippen molar-refractivity contribution in [1.82, 2.24) is 9.78 Å². The van der Waals surface area contributed by atoms with Crippen molar-refractivity contribution >= 4 is 27.7 Å². The lowest BCUT2D eigenvalue weighted by Gasteiger charge is -2.05. The van der Waals surface area contributed by atoms with Crippen molar-refractivity contribution in [3.8, 4) is 5.69 Å². The number of amides is 1. The van der Waals surface area contributed by atoms with Gasteiger partial charge in [0.15, 0.2) is 0 Å². The number of nitrogens with zero attached hydrogens (tertiary/aromatic N) is 2. The van der Waals surface area contributed by atoms with Crippen molar-refractivity contribution in [2.45, 2.75) is 0 Å². The topological polar surface area (TPSA) is 86.9 Å².